The van der Waals surface area contributed by atoms with Crippen LogP contribution < -0.4 is 15.8 Å². The zero-order valence-corrected chi connectivity index (χ0v) is 16.7. The van der Waals surface area contributed by atoms with E-state index in [0.717, 1.165) is 6.42 Å². The van der Waals surface area contributed by atoms with Gasteiger partial charge in [-0.2, -0.15) is 0 Å². The lowest BCUT2D eigenvalue weighted by atomic mass is 9.67. The Balaban J connectivity index is 2.26. The number of unbranched alkanes of at least 4 members (excludes halogenated alkanes) is 1. The van der Waals surface area contributed by atoms with Crippen LogP contribution in [-0.2, 0) is 29.3 Å². The first kappa shape index (κ1) is 20.4. The first-order valence-corrected chi connectivity index (χ1v) is 9.54. The molecule has 8 heteroatoms. The summed E-state index contributed by atoms with van der Waals surface area (Å²) in [5, 5.41) is 2.67. The van der Waals surface area contributed by atoms with Gasteiger partial charge in [0, 0.05) is 11.3 Å². The van der Waals surface area contributed by atoms with Gasteiger partial charge in [-0.25, -0.2) is 9.59 Å². The zero-order valence-electron chi connectivity index (χ0n) is 16.7. The molecule has 0 saturated carbocycles. The first-order chi connectivity index (χ1) is 13.9. The molecule has 0 unspecified atom stereocenters. The second-order valence-electron chi connectivity index (χ2n) is 6.75. The van der Waals surface area contributed by atoms with Crippen molar-refractivity contribution in [3.8, 4) is 5.75 Å². The molecule has 0 bridgehead atoms. The number of nitrogens with two attached hydrogens (primary N) is 1. The Labute approximate surface area is 168 Å². The van der Waals surface area contributed by atoms with Gasteiger partial charge in [-0.15, -0.1) is 0 Å². The Morgan fingerprint density at radius 1 is 1.14 bits per heavy atom. The largest absolute Gasteiger partial charge is 0.463 e. The summed E-state index contributed by atoms with van der Waals surface area (Å²) in [4.78, 5) is 39.2. The third-order valence-corrected chi connectivity index (χ3v) is 4.94. The number of hydrogen-bond donors (Lipinski definition) is 2. The van der Waals surface area contributed by atoms with E-state index in [0.29, 0.717) is 12.0 Å². The minimum Gasteiger partial charge on any atom is -0.463 e. The average Bonchev–Trinajstić information content (AvgIpc) is 2.92. The Kier molecular flexibility index (Phi) is 5.63. The van der Waals surface area contributed by atoms with Gasteiger partial charge in [0.2, 0.25) is 11.8 Å². The van der Waals surface area contributed by atoms with Crippen molar-refractivity contribution in [2.24, 2.45) is 5.73 Å². The number of para-hydroxylation sites is 1. The van der Waals surface area contributed by atoms with Crippen molar-refractivity contribution in [2.45, 2.75) is 39.0 Å². The fraction of sp³-hybridized carbons (Fsp3) is 0.381. The highest BCUT2D eigenvalue weighted by Crippen LogP contribution is 2.51. The van der Waals surface area contributed by atoms with Gasteiger partial charge in [-0.3, -0.25) is 4.79 Å². The van der Waals surface area contributed by atoms with Crippen LogP contribution in [0.15, 0.2) is 47.0 Å². The van der Waals surface area contributed by atoms with Crippen molar-refractivity contribution in [3.05, 3.63) is 52.6 Å². The molecule has 29 heavy (non-hydrogen) atoms. The SMILES string of the molecule is CCCCOC(=O)C1=C(N)Oc2ccccc2[C@]12C(=O)NC(C)=C2C(=O)OCC. The molecule has 1 aromatic carbocycles. The van der Waals surface area contributed by atoms with Crippen LogP contribution in [0.1, 0.15) is 39.2 Å². The number of ether oxygens (including phenoxy) is 3. The maximum absolute atomic E-state index is 13.3. The number of esters is 2. The van der Waals surface area contributed by atoms with Gasteiger partial charge in [0.25, 0.3) is 0 Å². The van der Waals surface area contributed by atoms with E-state index >= 15 is 0 Å². The molecule has 0 aliphatic carbocycles. The lowest BCUT2D eigenvalue weighted by Crippen LogP contribution is -2.49. The number of benzene rings is 1. The number of hydrogen-bond acceptors (Lipinski definition) is 7. The Morgan fingerprint density at radius 2 is 1.83 bits per heavy atom. The van der Waals surface area contributed by atoms with E-state index in [4.69, 9.17) is 19.9 Å². The van der Waals surface area contributed by atoms with Gasteiger partial charge < -0.3 is 25.3 Å². The molecule has 2 aliphatic heterocycles. The van der Waals surface area contributed by atoms with Crippen LogP contribution in [0.25, 0.3) is 0 Å². The Morgan fingerprint density at radius 3 is 2.52 bits per heavy atom. The molecule has 1 atom stereocenters. The van der Waals surface area contributed by atoms with Crippen LogP contribution in [-0.4, -0.2) is 31.1 Å². The number of carbonyl (C=O) groups is 3. The molecule has 2 aliphatic rings. The van der Waals surface area contributed by atoms with Crippen molar-refractivity contribution in [1.82, 2.24) is 5.32 Å². The molecule has 0 aromatic heterocycles. The lowest BCUT2D eigenvalue weighted by molar-refractivity contribution is -0.143. The first-order valence-electron chi connectivity index (χ1n) is 9.54. The summed E-state index contributed by atoms with van der Waals surface area (Å²) in [5.74, 6) is -2.11. The quantitative estimate of drug-likeness (QED) is 0.552. The van der Waals surface area contributed by atoms with Crippen LogP contribution in [0.5, 0.6) is 5.75 Å². The zero-order chi connectivity index (χ0) is 21.2. The van der Waals surface area contributed by atoms with Crippen LogP contribution in [0.4, 0.5) is 0 Å². The summed E-state index contributed by atoms with van der Waals surface area (Å²) in [7, 11) is 0. The van der Waals surface area contributed by atoms with Gasteiger partial charge in [0.15, 0.2) is 0 Å². The maximum atomic E-state index is 13.3. The van der Waals surface area contributed by atoms with Crippen molar-refractivity contribution in [2.75, 3.05) is 13.2 Å². The molecule has 0 saturated heterocycles. The van der Waals surface area contributed by atoms with Crippen LogP contribution in [0, 0.1) is 0 Å². The van der Waals surface area contributed by atoms with Crippen molar-refractivity contribution in [1.29, 1.82) is 0 Å². The van der Waals surface area contributed by atoms with E-state index in [1.165, 1.54) is 0 Å². The summed E-state index contributed by atoms with van der Waals surface area (Å²) in [6.07, 6.45) is 1.47. The molecule has 0 radical (unpaired) electrons. The number of allylic oxidation sites excluding steroid dienone is 1. The van der Waals surface area contributed by atoms with Gasteiger partial charge in [0.05, 0.1) is 18.8 Å². The fourth-order valence-electron chi connectivity index (χ4n) is 3.72. The van der Waals surface area contributed by atoms with E-state index in [2.05, 4.69) is 5.32 Å². The molecular weight excluding hydrogens is 376 g/mol. The summed E-state index contributed by atoms with van der Waals surface area (Å²) in [6.45, 7) is 5.45. The van der Waals surface area contributed by atoms with Crippen LogP contribution >= 0.6 is 0 Å². The molecular formula is C21H24N2O6. The number of amides is 1. The predicted octanol–water partition coefficient (Wildman–Crippen LogP) is 1.80. The number of rotatable bonds is 6. The van der Waals surface area contributed by atoms with Crippen LogP contribution in [0.3, 0.4) is 0 Å². The Bertz CT molecular complexity index is 933. The normalized spacial score (nSPS) is 20.3. The van der Waals surface area contributed by atoms with Crippen molar-refractivity contribution in [3.63, 3.8) is 0 Å². The van der Waals surface area contributed by atoms with E-state index in [1.807, 2.05) is 6.92 Å². The highest BCUT2D eigenvalue weighted by molar-refractivity contribution is 6.17. The third kappa shape index (κ3) is 3.14. The molecule has 1 spiro atoms. The minimum atomic E-state index is -1.81. The fourth-order valence-corrected chi connectivity index (χ4v) is 3.72. The topological polar surface area (TPSA) is 117 Å². The molecule has 0 fully saturated rings. The number of fused-ring (bicyclic) bond motifs is 2. The second kappa shape index (κ2) is 7.98. The lowest BCUT2D eigenvalue weighted by Gasteiger charge is -2.35. The number of carbonyl (C=O) groups excluding carboxylic acids is 3. The molecule has 3 rings (SSSR count). The second-order valence-corrected chi connectivity index (χ2v) is 6.75. The predicted molar refractivity (Wildman–Crippen MR) is 103 cm³/mol. The van der Waals surface area contributed by atoms with Gasteiger partial charge in [-0.05, 0) is 26.3 Å². The maximum Gasteiger partial charge on any atom is 0.341 e. The standard InChI is InChI=1S/C21H24N2O6/c1-4-6-11-28-19(25)16-17(22)29-14-10-8-7-9-13(14)21(16)15(18(24)27-5-2)12(3)23-20(21)26/h7-10H,4-6,11,22H2,1-3H3,(H,23,26)/t21-/m1/s1. The van der Waals surface area contributed by atoms with Crippen molar-refractivity contribution >= 4 is 17.8 Å². The molecule has 8 nitrogen and oxygen atoms in total. The molecule has 154 valence electrons. The molecule has 1 aromatic rings. The van der Waals surface area contributed by atoms with Gasteiger partial charge >= 0.3 is 11.9 Å². The highest BCUT2D eigenvalue weighted by Gasteiger charge is 2.61. The molecule has 1 amide bonds. The summed E-state index contributed by atoms with van der Waals surface area (Å²) >= 11 is 0. The molecule has 3 N–H and O–H groups in total. The van der Waals surface area contributed by atoms with E-state index in [1.54, 1.807) is 38.1 Å². The highest BCUT2D eigenvalue weighted by atomic mass is 16.5. The average molecular weight is 400 g/mol. The molecule has 2 heterocycles. The smallest absolute Gasteiger partial charge is 0.341 e. The minimum absolute atomic E-state index is 0.00508. The van der Waals surface area contributed by atoms with E-state index in [-0.39, 0.29) is 41.7 Å². The van der Waals surface area contributed by atoms with E-state index in [9.17, 15) is 14.4 Å². The summed E-state index contributed by atoms with van der Waals surface area (Å²) < 4.78 is 16.2. The van der Waals surface area contributed by atoms with E-state index < -0.39 is 23.3 Å². The van der Waals surface area contributed by atoms with Crippen molar-refractivity contribution < 1.29 is 28.6 Å². The summed E-state index contributed by atoms with van der Waals surface area (Å²) in [5.41, 5.74) is 4.70. The third-order valence-electron chi connectivity index (χ3n) is 4.94. The van der Waals surface area contributed by atoms with Gasteiger partial charge in [0.1, 0.15) is 16.7 Å². The van der Waals surface area contributed by atoms with Gasteiger partial charge in [-0.1, -0.05) is 31.5 Å². The van der Waals surface area contributed by atoms with Crippen LogP contribution in [0.2, 0.25) is 0 Å². The monoisotopic (exact) mass is 400 g/mol. The Hall–Kier alpha value is -3.29. The number of nitrogens with one attached hydrogen (secondary N) is 1. The summed E-state index contributed by atoms with van der Waals surface area (Å²) in [6, 6.07) is 6.64.